The van der Waals surface area contributed by atoms with Gasteiger partial charge in [-0.1, -0.05) is 12.1 Å². The van der Waals surface area contributed by atoms with Crippen LogP contribution in [-0.4, -0.2) is 26.8 Å². The average Bonchev–Trinajstić information content (AvgIpc) is 2.98. The van der Waals surface area contributed by atoms with E-state index >= 15 is 0 Å². The maximum absolute atomic E-state index is 12.5. The van der Waals surface area contributed by atoms with Gasteiger partial charge in [0.1, 0.15) is 0 Å². The summed E-state index contributed by atoms with van der Waals surface area (Å²) >= 11 is 0. The van der Waals surface area contributed by atoms with Crippen molar-refractivity contribution in [2.45, 2.75) is 25.2 Å². The van der Waals surface area contributed by atoms with Gasteiger partial charge in [0.15, 0.2) is 0 Å². The van der Waals surface area contributed by atoms with E-state index in [0.717, 1.165) is 16.8 Å². The number of rotatable bonds is 4. The lowest BCUT2D eigenvalue weighted by Crippen LogP contribution is -2.28. The topological polar surface area (TPSA) is 110 Å². The first-order valence-corrected chi connectivity index (χ1v) is 10.0. The predicted molar refractivity (Wildman–Crippen MR) is 103 cm³/mol. The van der Waals surface area contributed by atoms with Gasteiger partial charge in [-0.15, -0.1) is 0 Å². The Morgan fingerprint density at radius 2 is 1.81 bits per heavy atom. The molecule has 1 aliphatic heterocycles. The molecule has 1 fully saturated rings. The lowest BCUT2D eigenvalue weighted by atomic mass is 10.1. The number of hydrogen-bond acceptors (Lipinski definition) is 4. The molecule has 0 saturated carbocycles. The number of hydrogen-bond donors (Lipinski definition) is 2. The van der Waals surface area contributed by atoms with E-state index in [2.05, 4.69) is 5.32 Å². The van der Waals surface area contributed by atoms with Crippen LogP contribution in [0.15, 0.2) is 47.4 Å². The number of carbonyl (C=O) groups excluding carboxylic acids is 2. The smallest absolute Gasteiger partial charge is 0.238 e. The molecule has 2 amide bonds. The summed E-state index contributed by atoms with van der Waals surface area (Å²) in [7, 11) is -3.78. The summed E-state index contributed by atoms with van der Waals surface area (Å²) in [4.78, 5) is 26.6. The van der Waals surface area contributed by atoms with Gasteiger partial charge in [-0.2, -0.15) is 0 Å². The number of benzene rings is 2. The van der Waals surface area contributed by atoms with Gasteiger partial charge >= 0.3 is 0 Å². The number of anilines is 2. The number of primary sulfonamides is 1. The van der Waals surface area contributed by atoms with Crippen LogP contribution >= 0.6 is 0 Å². The highest BCUT2D eigenvalue weighted by atomic mass is 32.2. The summed E-state index contributed by atoms with van der Waals surface area (Å²) in [6, 6.07) is 11.5. The molecule has 3 N–H and O–H groups in total. The van der Waals surface area contributed by atoms with Crippen molar-refractivity contribution >= 4 is 33.2 Å². The highest BCUT2D eigenvalue weighted by Gasteiger charge is 2.35. The Bertz CT molecular complexity index is 1000. The van der Waals surface area contributed by atoms with Crippen molar-refractivity contribution in [3.05, 3.63) is 53.6 Å². The molecule has 2 aromatic carbocycles. The number of aryl methyl sites for hydroxylation is 2. The minimum atomic E-state index is -3.78. The second-order valence-electron chi connectivity index (χ2n) is 6.75. The lowest BCUT2D eigenvalue weighted by Gasteiger charge is -2.19. The number of nitrogens with two attached hydrogens (primary N) is 1. The van der Waals surface area contributed by atoms with Crippen LogP contribution in [0.1, 0.15) is 17.5 Å². The van der Waals surface area contributed by atoms with Gasteiger partial charge in [0, 0.05) is 24.3 Å². The summed E-state index contributed by atoms with van der Waals surface area (Å²) < 4.78 is 22.6. The quantitative estimate of drug-likeness (QED) is 0.835. The summed E-state index contributed by atoms with van der Waals surface area (Å²) in [5.74, 6) is -0.844. The molecule has 0 bridgehead atoms. The van der Waals surface area contributed by atoms with Gasteiger partial charge in [-0.05, 0) is 55.3 Å². The lowest BCUT2D eigenvalue weighted by molar-refractivity contribution is -0.122. The molecule has 1 saturated heterocycles. The van der Waals surface area contributed by atoms with E-state index in [1.807, 2.05) is 32.0 Å². The Morgan fingerprint density at radius 3 is 2.44 bits per heavy atom. The molecule has 0 spiro atoms. The monoisotopic (exact) mass is 387 g/mol. The van der Waals surface area contributed by atoms with Gasteiger partial charge < -0.3 is 10.2 Å². The molecule has 7 nitrogen and oxygen atoms in total. The first-order chi connectivity index (χ1) is 12.6. The SMILES string of the molecule is Cc1ccc(C)c(N2CC(C(=O)Nc3ccc(S(N)(=O)=O)cc3)CC2=O)c1. The molecule has 8 heteroatoms. The maximum atomic E-state index is 12.5. The summed E-state index contributed by atoms with van der Waals surface area (Å²) in [5.41, 5.74) is 3.30. The van der Waals surface area contributed by atoms with Crippen molar-refractivity contribution in [1.29, 1.82) is 0 Å². The number of carbonyl (C=O) groups is 2. The van der Waals surface area contributed by atoms with Gasteiger partial charge in [-0.3, -0.25) is 9.59 Å². The first kappa shape index (κ1) is 19.1. The van der Waals surface area contributed by atoms with Gasteiger partial charge in [0.25, 0.3) is 0 Å². The molecule has 1 heterocycles. The maximum Gasteiger partial charge on any atom is 0.238 e. The molecule has 142 valence electrons. The van der Waals surface area contributed by atoms with Crippen LogP contribution in [0.25, 0.3) is 0 Å². The molecule has 1 unspecified atom stereocenters. The van der Waals surface area contributed by atoms with Crippen LogP contribution in [0.2, 0.25) is 0 Å². The van der Waals surface area contributed by atoms with E-state index in [1.165, 1.54) is 24.3 Å². The zero-order valence-electron chi connectivity index (χ0n) is 15.1. The van der Waals surface area contributed by atoms with Crippen molar-refractivity contribution in [2.75, 3.05) is 16.8 Å². The Hall–Kier alpha value is -2.71. The normalized spacial score (nSPS) is 17.2. The Balaban J connectivity index is 1.71. The standard InChI is InChI=1S/C19H21N3O4S/c1-12-3-4-13(2)17(9-12)22-11-14(10-18(22)23)19(24)21-15-5-7-16(8-6-15)27(20,25)26/h3-9,14H,10-11H2,1-2H3,(H,21,24)(H2,20,25,26). The van der Waals surface area contributed by atoms with E-state index < -0.39 is 15.9 Å². The van der Waals surface area contributed by atoms with Crippen molar-refractivity contribution in [3.8, 4) is 0 Å². The highest BCUT2D eigenvalue weighted by molar-refractivity contribution is 7.89. The average molecular weight is 387 g/mol. The van der Waals surface area contributed by atoms with E-state index in [-0.39, 0.29) is 23.1 Å². The Labute approximate surface area is 158 Å². The van der Waals surface area contributed by atoms with E-state index in [1.54, 1.807) is 4.90 Å². The fraction of sp³-hybridized carbons (Fsp3) is 0.263. The first-order valence-electron chi connectivity index (χ1n) is 8.46. The van der Waals surface area contributed by atoms with Gasteiger partial charge in [0.05, 0.1) is 10.8 Å². The number of nitrogens with one attached hydrogen (secondary N) is 1. The molecule has 1 atom stereocenters. The van der Waals surface area contributed by atoms with Gasteiger partial charge in [-0.25, -0.2) is 13.6 Å². The van der Waals surface area contributed by atoms with Crippen molar-refractivity contribution in [1.82, 2.24) is 0 Å². The minimum Gasteiger partial charge on any atom is -0.326 e. The zero-order valence-corrected chi connectivity index (χ0v) is 15.9. The molecule has 2 aromatic rings. The van der Waals surface area contributed by atoms with Crippen molar-refractivity contribution in [3.63, 3.8) is 0 Å². The van der Waals surface area contributed by atoms with Gasteiger partial charge in [0.2, 0.25) is 21.8 Å². The third-order valence-electron chi connectivity index (χ3n) is 4.60. The third-order valence-corrected chi connectivity index (χ3v) is 5.53. The fourth-order valence-electron chi connectivity index (χ4n) is 3.10. The van der Waals surface area contributed by atoms with E-state index in [0.29, 0.717) is 12.2 Å². The van der Waals surface area contributed by atoms with Crippen molar-refractivity contribution < 1.29 is 18.0 Å². The minimum absolute atomic E-state index is 0.0300. The Morgan fingerprint density at radius 1 is 1.15 bits per heavy atom. The Kier molecular flexibility index (Phi) is 5.03. The second kappa shape index (κ2) is 7.13. The number of nitrogens with zero attached hydrogens (tertiary/aromatic N) is 1. The molecule has 0 aromatic heterocycles. The van der Waals surface area contributed by atoms with Crippen LogP contribution in [0.3, 0.4) is 0 Å². The molecule has 27 heavy (non-hydrogen) atoms. The highest BCUT2D eigenvalue weighted by Crippen LogP contribution is 2.29. The zero-order chi connectivity index (χ0) is 19.8. The number of amides is 2. The molecule has 0 aliphatic carbocycles. The van der Waals surface area contributed by atoms with Crippen LogP contribution in [0, 0.1) is 19.8 Å². The van der Waals surface area contributed by atoms with Crippen LogP contribution < -0.4 is 15.4 Å². The molecule has 3 rings (SSSR count). The second-order valence-corrected chi connectivity index (χ2v) is 8.32. The summed E-state index contributed by atoms with van der Waals surface area (Å²) in [5, 5.41) is 7.79. The molecular weight excluding hydrogens is 366 g/mol. The summed E-state index contributed by atoms with van der Waals surface area (Å²) in [6.07, 6.45) is 0.133. The summed E-state index contributed by atoms with van der Waals surface area (Å²) in [6.45, 7) is 4.20. The van der Waals surface area contributed by atoms with Crippen LogP contribution in [0.5, 0.6) is 0 Å². The predicted octanol–water partition coefficient (Wildman–Crippen LogP) is 1.94. The van der Waals surface area contributed by atoms with E-state index in [4.69, 9.17) is 5.14 Å². The van der Waals surface area contributed by atoms with Crippen LogP contribution in [-0.2, 0) is 19.6 Å². The number of sulfonamides is 1. The molecule has 0 radical (unpaired) electrons. The third kappa shape index (κ3) is 4.17. The molecule has 1 aliphatic rings. The van der Waals surface area contributed by atoms with Crippen molar-refractivity contribution in [2.24, 2.45) is 11.1 Å². The fourth-order valence-corrected chi connectivity index (χ4v) is 3.61. The molecular formula is C19H21N3O4S. The largest absolute Gasteiger partial charge is 0.326 e. The van der Waals surface area contributed by atoms with Crippen LogP contribution in [0.4, 0.5) is 11.4 Å². The van der Waals surface area contributed by atoms with E-state index in [9.17, 15) is 18.0 Å².